The third-order valence-corrected chi connectivity index (χ3v) is 3.06. The maximum absolute atomic E-state index is 12.3. The van der Waals surface area contributed by atoms with E-state index in [0.717, 1.165) is 6.42 Å². The Hall–Kier alpha value is -2.82. The van der Waals surface area contributed by atoms with Crippen LogP contribution < -0.4 is 15.4 Å². The minimum Gasteiger partial charge on any atom is -0.491 e. The number of carbonyl (C=O) groups excluding carboxylic acids is 2. The summed E-state index contributed by atoms with van der Waals surface area (Å²) >= 11 is 0. The Labute approximate surface area is 135 Å². The minimum absolute atomic E-state index is 0.149. The molecular formula is C18H20N2O3. The lowest BCUT2D eigenvalue weighted by molar-refractivity contribution is -0.114. The molecule has 2 aromatic rings. The second-order valence-corrected chi connectivity index (χ2v) is 5.06. The Morgan fingerprint density at radius 2 is 1.70 bits per heavy atom. The quantitative estimate of drug-likeness (QED) is 0.855. The summed E-state index contributed by atoms with van der Waals surface area (Å²) in [5, 5.41) is 5.51. The van der Waals surface area contributed by atoms with Crippen molar-refractivity contribution >= 4 is 23.2 Å². The maximum atomic E-state index is 12.3. The Bertz CT molecular complexity index is 681. The van der Waals surface area contributed by atoms with Gasteiger partial charge in [0, 0.05) is 18.2 Å². The molecule has 2 aromatic carbocycles. The first-order valence-corrected chi connectivity index (χ1v) is 7.51. The smallest absolute Gasteiger partial charge is 0.255 e. The Morgan fingerprint density at radius 1 is 1.00 bits per heavy atom. The van der Waals surface area contributed by atoms with Gasteiger partial charge in [0.2, 0.25) is 5.91 Å². The van der Waals surface area contributed by atoms with Gasteiger partial charge in [-0.15, -0.1) is 0 Å². The molecule has 120 valence electrons. The van der Waals surface area contributed by atoms with Crippen molar-refractivity contribution in [2.75, 3.05) is 17.2 Å². The van der Waals surface area contributed by atoms with Crippen LogP contribution in [0, 0.1) is 0 Å². The maximum Gasteiger partial charge on any atom is 0.255 e. The van der Waals surface area contributed by atoms with E-state index in [1.165, 1.54) is 6.92 Å². The van der Waals surface area contributed by atoms with Crippen molar-refractivity contribution in [2.24, 2.45) is 0 Å². The number of hydrogen-bond donors (Lipinski definition) is 2. The van der Waals surface area contributed by atoms with Gasteiger partial charge in [-0.05, 0) is 42.8 Å². The van der Waals surface area contributed by atoms with Gasteiger partial charge >= 0.3 is 0 Å². The summed E-state index contributed by atoms with van der Waals surface area (Å²) in [6.45, 7) is 4.06. The number of benzene rings is 2. The van der Waals surface area contributed by atoms with Crippen LogP contribution in [-0.2, 0) is 4.79 Å². The summed E-state index contributed by atoms with van der Waals surface area (Å²) in [5.74, 6) is 0.272. The second kappa shape index (κ2) is 7.98. The number of nitrogens with one attached hydrogen (secondary N) is 2. The predicted molar refractivity (Wildman–Crippen MR) is 90.9 cm³/mol. The summed E-state index contributed by atoms with van der Waals surface area (Å²) in [7, 11) is 0. The molecule has 0 aliphatic rings. The van der Waals surface area contributed by atoms with Crippen molar-refractivity contribution in [3.63, 3.8) is 0 Å². The van der Waals surface area contributed by atoms with Crippen LogP contribution in [0.3, 0.4) is 0 Å². The predicted octanol–water partition coefficient (Wildman–Crippen LogP) is 3.69. The van der Waals surface area contributed by atoms with E-state index < -0.39 is 0 Å². The lowest BCUT2D eigenvalue weighted by Crippen LogP contribution is -2.13. The fourth-order valence-electron chi connectivity index (χ4n) is 2.01. The van der Waals surface area contributed by atoms with Crippen molar-refractivity contribution in [2.45, 2.75) is 20.3 Å². The lowest BCUT2D eigenvalue weighted by Gasteiger charge is -2.12. The normalized spacial score (nSPS) is 10.0. The van der Waals surface area contributed by atoms with Crippen LogP contribution in [0.15, 0.2) is 48.5 Å². The van der Waals surface area contributed by atoms with Gasteiger partial charge < -0.3 is 15.4 Å². The molecule has 5 nitrogen and oxygen atoms in total. The van der Waals surface area contributed by atoms with Crippen molar-refractivity contribution in [3.8, 4) is 5.75 Å². The molecule has 0 heterocycles. The molecule has 0 bridgehead atoms. The molecule has 0 saturated carbocycles. The number of hydrogen-bond acceptors (Lipinski definition) is 3. The molecule has 0 spiro atoms. The highest BCUT2D eigenvalue weighted by molar-refractivity contribution is 6.05. The molecule has 23 heavy (non-hydrogen) atoms. The minimum atomic E-state index is -0.230. The van der Waals surface area contributed by atoms with Crippen LogP contribution in [-0.4, -0.2) is 18.4 Å². The molecule has 2 N–H and O–H groups in total. The molecule has 2 amide bonds. The molecule has 0 radical (unpaired) electrons. The molecule has 5 heteroatoms. The van der Waals surface area contributed by atoms with Gasteiger partial charge in [0.05, 0.1) is 12.3 Å². The molecule has 0 atom stereocenters. The zero-order valence-electron chi connectivity index (χ0n) is 13.3. The monoisotopic (exact) mass is 312 g/mol. The fourth-order valence-corrected chi connectivity index (χ4v) is 2.01. The first kappa shape index (κ1) is 16.5. The summed E-state index contributed by atoms with van der Waals surface area (Å²) < 4.78 is 5.62. The van der Waals surface area contributed by atoms with Gasteiger partial charge in [0.15, 0.2) is 0 Å². The number of rotatable bonds is 6. The van der Waals surface area contributed by atoms with Crippen molar-refractivity contribution in [3.05, 3.63) is 54.1 Å². The largest absolute Gasteiger partial charge is 0.491 e. The number of ether oxygens (including phenoxy) is 1. The van der Waals surface area contributed by atoms with Gasteiger partial charge in [0.25, 0.3) is 5.91 Å². The van der Waals surface area contributed by atoms with E-state index >= 15 is 0 Å². The molecular weight excluding hydrogens is 292 g/mol. The highest BCUT2D eigenvalue weighted by Gasteiger charge is 2.10. The van der Waals surface area contributed by atoms with Crippen LogP contribution in [0.2, 0.25) is 0 Å². The van der Waals surface area contributed by atoms with Crippen LogP contribution >= 0.6 is 0 Å². The van der Waals surface area contributed by atoms with E-state index in [-0.39, 0.29) is 11.8 Å². The molecule has 0 aromatic heterocycles. The summed E-state index contributed by atoms with van der Waals surface area (Å²) in [6.07, 6.45) is 0.896. The number of carbonyl (C=O) groups is 2. The molecule has 0 aliphatic heterocycles. The molecule has 0 saturated heterocycles. The highest BCUT2D eigenvalue weighted by atomic mass is 16.5. The zero-order valence-corrected chi connectivity index (χ0v) is 13.3. The van der Waals surface area contributed by atoms with Crippen molar-refractivity contribution in [1.82, 2.24) is 0 Å². The first-order valence-electron chi connectivity index (χ1n) is 7.51. The third kappa shape index (κ3) is 4.85. The van der Waals surface area contributed by atoms with E-state index in [1.54, 1.807) is 30.3 Å². The van der Waals surface area contributed by atoms with E-state index in [1.807, 2.05) is 25.1 Å². The van der Waals surface area contributed by atoms with Gasteiger partial charge in [-0.25, -0.2) is 0 Å². The third-order valence-electron chi connectivity index (χ3n) is 3.06. The molecule has 0 aliphatic carbocycles. The second-order valence-electron chi connectivity index (χ2n) is 5.06. The summed E-state index contributed by atoms with van der Waals surface area (Å²) in [6, 6.07) is 14.0. The lowest BCUT2D eigenvalue weighted by atomic mass is 10.2. The Kier molecular flexibility index (Phi) is 5.74. The Balaban J connectivity index is 2.08. The van der Waals surface area contributed by atoms with Gasteiger partial charge in [0.1, 0.15) is 5.75 Å². The van der Waals surface area contributed by atoms with E-state index in [9.17, 15) is 9.59 Å². The number of para-hydroxylation sites is 2. The van der Waals surface area contributed by atoms with Gasteiger partial charge in [-0.3, -0.25) is 9.59 Å². The Morgan fingerprint density at radius 3 is 2.35 bits per heavy atom. The SMILES string of the molecule is CCCOc1ccccc1NC(=O)c1ccc(NC(C)=O)cc1. The molecule has 0 fully saturated rings. The average Bonchev–Trinajstić information content (AvgIpc) is 2.54. The standard InChI is InChI=1S/C18H20N2O3/c1-3-12-23-17-7-5-4-6-16(17)20-18(22)14-8-10-15(11-9-14)19-13(2)21/h4-11H,3,12H2,1-2H3,(H,19,21)(H,20,22). The van der Waals surface area contributed by atoms with E-state index in [2.05, 4.69) is 10.6 Å². The molecule has 2 rings (SSSR count). The van der Waals surface area contributed by atoms with Crippen molar-refractivity contribution < 1.29 is 14.3 Å². The van der Waals surface area contributed by atoms with Crippen LogP contribution in [0.1, 0.15) is 30.6 Å². The molecule has 0 unspecified atom stereocenters. The average molecular weight is 312 g/mol. The van der Waals surface area contributed by atoms with Gasteiger partial charge in [-0.1, -0.05) is 19.1 Å². The summed E-state index contributed by atoms with van der Waals surface area (Å²) in [5.41, 5.74) is 1.79. The van der Waals surface area contributed by atoms with E-state index in [4.69, 9.17) is 4.74 Å². The highest BCUT2D eigenvalue weighted by Crippen LogP contribution is 2.24. The van der Waals surface area contributed by atoms with Crippen molar-refractivity contribution in [1.29, 1.82) is 0 Å². The zero-order chi connectivity index (χ0) is 16.7. The van der Waals surface area contributed by atoms with Crippen LogP contribution in [0.4, 0.5) is 11.4 Å². The summed E-state index contributed by atoms with van der Waals surface area (Å²) in [4.78, 5) is 23.3. The number of anilines is 2. The van der Waals surface area contributed by atoms with E-state index in [0.29, 0.717) is 29.3 Å². The number of amides is 2. The fraction of sp³-hybridized carbons (Fsp3) is 0.222. The van der Waals surface area contributed by atoms with Crippen LogP contribution in [0.5, 0.6) is 5.75 Å². The topological polar surface area (TPSA) is 67.4 Å². The van der Waals surface area contributed by atoms with Gasteiger partial charge in [-0.2, -0.15) is 0 Å². The first-order chi connectivity index (χ1) is 11.1. The van der Waals surface area contributed by atoms with Crippen LogP contribution in [0.25, 0.3) is 0 Å².